The molecule has 2 aromatic heterocycles. The number of nitrogens with zero attached hydrogens (tertiary/aromatic N) is 5. The maximum atomic E-state index is 13.8. The van der Waals surface area contributed by atoms with E-state index in [0.717, 1.165) is 0 Å². The van der Waals surface area contributed by atoms with E-state index in [0.29, 0.717) is 31.5 Å². The van der Waals surface area contributed by atoms with Gasteiger partial charge in [-0.05, 0) is 25.0 Å². The second kappa shape index (κ2) is 8.21. The van der Waals surface area contributed by atoms with Gasteiger partial charge in [0, 0.05) is 19.3 Å². The predicted molar refractivity (Wildman–Crippen MR) is 92.1 cm³/mol. The number of rotatable bonds is 8. The van der Waals surface area contributed by atoms with Gasteiger partial charge in [-0.15, -0.1) is 5.10 Å². The Morgan fingerprint density at radius 3 is 2.74 bits per heavy atom. The fourth-order valence-corrected chi connectivity index (χ4v) is 2.42. The largest absolute Gasteiger partial charge is 0.476 e. The smallest absolute Gasteiger partial charge is 0.358 e. The van der Waals surface area contributed by atoms with Gasteiger partial charge in [0.25, 0.3) is 5.91 Å². The van der Waals surface area contributed by atoms with E-state index in [9.17, 15) is 14.0 Å². The number of benzene rings is 1. The summed E-state index contributed by atoms with van der Waals surface area (Å²) in [6, 6.07) is 6.17. The SMILES string of the molecule is O=C(NCCCCn1cc(C(=O)O)nn1)c1cnn(-c2ccccc2F)c1. The first-order valence-corrected chi connectivity index (χ1v) is 8.26. The number of carbonyl (C=O) groups excluding carboxylic acids is 1. The lowest BCUT2D eigenvalue weighted by Crippen LogP contribution is -2.24. The van der Waals surface area contributed by atoms with Crippen molar-refractivity contribution < 1.29 is 19.1 Å². The van der Waals surface area contributed by atoms with Crippen molar-refractivity contribution in [3.63, 3.8) is 0 Å². The van der Waals surface area contributed by atoms with Crippen LogP contribution in [-0.4, -0.2) is 48.3 Å². The minimum Gasteiger partial charge on any atom is -0.476 e. The predicted octanol–water partition coefficient (Wildman–Crippen LogP) is 1.51. The number of amides is 1. The molecule has 0 radical (unpaired) electrons. The Morgan fingerprint density at radius 1 is 1.19 bits per heavy atom. The van der Waals surface area contributed by atoms with E-state index in [1.54, 1.807) is 18.2 Å². The second-order valence-electron chi connectivity index (χ2n) is 5.76. The van der Waals surface area contributed by atoms with E-state index in [2.05, 4.69) is 20.7 Å². The molecule has 0 spiro atoms. The Balaban J connectivity index is 1.44. The average Bonchev–Trinajstić information content (AvgIpc) is 3.31. The molecule has 1 amide bonds. The van der Waals surface area contributed by atoms with Crippen LogP contribution < -0.4 is 5.32 Å². The lowest BCUT2D eigenvalue weighted by molar-refractivity contribution is 0.0690. The summed E-state index contributed by atoms with van der Waals surface area (Å²) < 4.78 is 16.5. The van der Waals surface area contributed by atoms with E-state index in [-0.39, 0.29) is 17.3 Å². The number of aromatic nitrogens is 5. The number of carboxylic acid groups (broad SMARTS) is 1. The van der Waals surface area contributed by atoms with Crippen LogP contribution in [0.15, 0.2) is 42.9 Å². The number of aryl methyl sites for hydroxylation is 1. The Morgan fingerprint density at radius 2 is 2.00 bits per heavy atom. The molecule has 3 aromatic rings. The molecule has 3 rings (SSSR count). The van der Waals surface area contributed by atoms with Gasteiger partial charge in [0.1, 0.15) is 11.5 Å². The number of aromatic carboxylic acids is 1. The highest BCUT2D eigenvalue weighted by Gasteiger charge is 2.11. The van der Waals surface area contributed by atoms with Gasteiger partial charge in [-0.2, -0.15) is 5.10 Å². The Labute approximate surface area is 153 Å². The molecule has 0 bridgehead atoms. The minimum atomic E-state index is -1.12. The highest BCUT2D eigenvalue weighted by molar-refractivity contribution is 5.93. The van der Waals surface area contributed by atoms with Crippen LogP contribution in [0.1, 0.15) is 33.7 Å². The lowest BCUT2D eigenvalue weighted by atomic mass is 10.3. The topological polar surface area (TPSA) is 115 Å². The van der Waals surface area contributed by atoms with Crippen LogP contribution in [0.3, 0.4) is 0 Å². The quantitative estimate of drug-likeness (QED) is 0.579. The van der Waals surface area contributed by atoms with E-state index >= 15 is 0 Å². The third-order valence-electron chi connectivity index (χ3n) is 3.80. The van der Waals surface area contributed by atoms with Crippen LogP contribution in [0, 0.1) is 5.82 Å². The molecule has 0 saturated carbocycles. The molecule has 0 saturated heterocycles. The molecule has 0 unspecified atom stereocenters. The number of para-hydroxylation sites is 1. The van der Waals surface area contributed by atoms with Gasteiger partial charge in [-0.25, -0.2) is 13.9 Å². The fraction of sp³-hybridized carbons (Fsp3) is 0.235. The van der Waals surface area contributed by atoms with Crippen molar-refractivity contribution in [3.05, 3.63) is 59.9 Å². The number of hydrogen-bond acceptors (Lipinski definition) is 5. The van der Waals surface area contributed by atoms with Crippen LogP contribution in [0.4, 0.5) is 4.39 Å². The van der Waals surface area contributed by atoms with Crippen molar-refractivity contribution in [2.24, 2.45) is 0 Å². The zero-order chi connectivity index (χ0) is 19.2. The van der Waals surface area contributed by atoms with Gasteiger partial charge in [-0.3, -0.25) is 9.48 Å². The zero-order valence-corrected chi connectivity index (χ0v) is 14.2. The average molecular weight is 372 g/mol. The summed E-state index contributed by atoms with van der Waals surface area (Å²) in [5, 5.41) is 22.8. The number of hydrogen-bond donors (Lipinski definition) is 2. The summed E-state index contributed by atoms with van der Waals surface area (Å²) >= 11 is 0. The molecule has 2 heterocycles. The summed E-state index contributed by atoms with van der Waals surface area (Å²) in [5.74, 6) is -1.84. The van der Waals surface area contributed by atoms with Crippen molar-refractivity contribution in [2.75, 3.05) is 6.54 Å². The summed E-state index contributed by atoms with van der Waals surface area (Å²) in [7, 11) is 0. The highest BCUT2D eigenvalue weighted by Crippen LogP contribution is 2.12. The Hall–Kier alpha value is -3.56. The van der Waals surface area contributed by atoms with Crippen LogP contribution >= 0.6 is 0 Å². The van der Waals surface area contributed by atoms with Gasteiger partial charge in [0.05, 0.1) is 18.0 Å². The van der Waals surface area contributed by atoms with E-state index in [1.165, 1.54) is 34.0 Å². The minimum absolute atomic E-state index is 0.102. The molecule has 0 fully saturated rings. The number of nitrogens with one attached hydrogen (secondary N) is 1. The summed E-state index contributed by atoms with van der Waals surface area (Å²) in [4.78, 5) is 22.9. The monoisotopic (exact) mass is 372 g/mol. The first-order valence-electron chi connectivity index (χ1n) is 8.26. The maximum absolute atomic E-state index is 13.8. The van der Waals surface area contributed by atoms with Gasteiger partial charge in [0.15, 0.2) is 5.69 Å². The molecule has 140 valence electrons. The van der Waals surface area contributed by atoms with Crippen LogP contribution in [0.5, 0.6) is 0 Å². The molecule has 1 aromatic carbocycles. The highest BCUT2D eigenvalue weighted by atomic mass is 19.1. The van der Waals surface area contributed by atoms with Gasteiger partial charge in [0.2, 0.25) is 0 Å². The van der Waals surface area contributed by atoms with Crippen molar-refractivity contribution in [3.8, 4) is 5.69 Å². The standard InChI is InChI=1S/C17H17FN6O3/c18-13-5-1-2-6-15(13)24-10-12(9-20-24)16(25)19-7-3-4-8-23-11-14(17(26)27)21-22-23/h1-2,5-6,9-11H,3-4,7-8H2,(H,19,25)(H,26,27). The molecule has 10 heteroatoms. The van der Waals surface area contributed by atoms with Gasteiger partial charge < -0.3 is 10.4 Å². The first-order chi connectivity index (χ1) is 13.0. The van der Waals surface area contributed by atoms with Crippen LogP contribution in [-0.2, 0) is 6.54 Å². The normalized spacial score (nSPS) is 10.7. The third kappa shape index (κ3) is 4.54. The molecular weight excluding hydrogens is 355 g/mol. The maximum Gasteiger partial charge on any atom is 0.358 e. The lowest BCUT2D eigenvalue weighted by Gasteiger charge is -2.04. The molecule has 0 aliphatic heterocycles. The Kier molecular flexibility index (Phi) is 5.55. The molecule has 0 aliphatic rings. The van der Waals surface area contributed by atoms with Gasteiger partial charge >= 0.3 is 5.97 Å². The molecule has 0 atom stereocenters. The van der Waals surface area contributed by atoms with Crippen molar-refractivity contribution in [2.45, 2.75) is 19.4 Å². The molecular formula is C17H17FN6O3. The number of carboxylic acids is 1. The van der Waals surface area contributed by atoms with Crippen LogP contribution in [0.25, 0.3) is 5.69 Å². The van der Waals surface area contributed by atoms with E-state index in [4.69, 9.17) is 5.11 Å². The Bertz CT molecular complexity index is 952. The number of carbonyl (C=O) groups is 2. The van der Waals surface area contributed by atoms with Crippen molar-refractivity contribution >= 4 is 11.9 Å². The van der Waals surface area contributed by atoms with E-state index in [1.807, 2.05) is 0 Å². The first kappa shape index (κ1) is 18.2. The molecule has 9 nitrogen and oxygen atoms in total. The summed E-state index contributed by atoms with van der Waals surface area (Å²) in [6.45, 7) is 0.936. The second-order valence-corrected chi connectivity index (χ2v) is 5.76. The molecule has 27 heavy (non-hydrogen) atoms. The summed E-state index contributed by atoms with van der Waals surface area (Å²) in [5.41, 5.74) is 0.501. The fourth-order valence-electron chi connectivity index (χ4n) is 2.42. The number of halogens is 1. The molecule has 0 aliphatic carbocycles. The van der Waals surface area contributed by atoms with Gasteiger partial charge in [-0.1, -0.05) is 17.3 Å². The molecule has 2 N–H and O–H groups in total. The third-order valence-corrected chi connectivity index (χ3v) is 3.80. The van der Waals surface area contributed by atoms with Crippen LogP contribution in [0.2, 0.25) is 0 Å². The van der Waals surface area contributed by atoms with Crippen molar-refractivity contribution in [1.29, 1.82) is 0 Å². The van der Waals surface area contributed by atoms with E-state index < -0.39 is 11.8 Å². The zero-order valence-electron chi connectivity index (χ0n) is 14.2. The summed E-state index contributed by atoms with van der Waals surface area (Å²) in [6.07, 6.45) is 5.58. The number of unbranched alkanes of at least 4 members (excludes halogenated alkanes) is 1. The van der Waals surface area contributed by atoms with Crippen molar-refractivity contribution in [1.82, 2.24) is 30.1 Å².